The van der Waals surface area contributed by atoms with Crippen LogP contribution in [-0.2, 0) is 12.7 Å². The number of thiocarbonyl (C=S) groups is 1. The van der Waals surface area contributed by atoms with Crippen molar-refractivity contribution in [3.05, 3.63) is 53.3 Å². The molecule has 2 saturated heterocycles. The molecule has 0 spiro atoms. The molecule has 3 N–H and O–H groups in total. The molecular weight excluding hydrogens is 556 g/mol. The molecule has 4 rings (SSSR count). The van der Waals surface area contributed by atoms with E-state index in [1.54, 1.807) is 31.2 Å². The Bertz CT molecular complexity index is 1210. The van der Waals surface area contributed by atoms with Gasteiger partial charge in [0.15, 0.2) is 5.11 Å². The topological polar surface area (TPSA) is 66.6 Å². The maximum absolute atomic E-state index is 15.6. The number of hydrazine groups is 1. The number of alkyl halides is 3. The number of piperazine rings is 2. The number of rotatable bonds is 9. The average Bonchev–Trinajstić information content (AvgIpc) is 2.93. The summed E-state index contributed by atoms with van der Waals surface area (Å²) >= 11 is 4.96. The van der Waals surface area contributed by atoms with Crippen molar-refractivity contribution in [3.63, 3.8) is 0 Å². The first kappa shape index (κ1) is 30.8. The highest BCUT2D eigenvalue weighted by Crippen LogP contribution is 2.34. The second-order valence-electron chi connectivity index (χ2n) is 10.3. The number of halogens is 4. The molecule has 0 unspecified atom stereocenters. The van der Waals surface area contributed by atoms with E-state index in [9.17, 15) is 13.2 Å². The first-order chi connectivity index (χ1) is 19.5. The highest BCUT2D eigenvalue weighted by Gasteiger charge is 2.31. The Morgan fingerprint density at radius 2 is 1.63 bits per heavy atom. The minimum Gasteiger partial charge on any atom is -0.375 e. The summed E-state index contributed by atoms with van der Waals surface area (Å²) in [5.74, 6) is -0.336. The Balaban J connectivity index is 1.51. The molecule has 2 fully saturated rings. The number of benzene rings is 2. The van der Waals surface area contributed by atoms with Gasteiger partial charge in [-0.3, -0.25) is 10.3 Å². The normalized spacial score (nSPS) is 17.1. The number of nitrogens with two attached hydrogens (primary N) is 1. The van der Waals surface area contributed by atoms with Crippen molar-refractivity contribution in [2.45, 2.75) is 19.1 Å². The van der Waals surface area contributed by atoms with E-state index in [0.29, 0.717) is 44.1 Å². The Kier molecular flexibility index (Phi) is 10.3. The third-order valence-corrected chi connectivity index (χ3v) is 7.58. The first-order valence-electron chi connectivity index (χ1n) is 13.7. The van der Waals surface area contributed by atoms with Crippen LogP contribution in [0.5, 0.6) is 0 Å². The fourth-order valence-corrected chi connectivity index (χ4v) is 5.56. The molecule has 0 aromatic heterocycles. The van der Waals surface area contributed by atoms with Crippen LogP contribution in [0.2, 0.25) is 0 Å². The van der Waals surface area contributed by atoms with Crippen molar-refractivity contribution in [1.29, 1.82) is 0 Å². The molecule has 224 valence electrons. The van der Waals surface area contributed by atoms with Crippen molar-refractivity contribution < 1.29 is 17.6 Å². The molecule has 2 aromatic rings. The van der Waals surface area contributed by atoms with Crippen LogP contribution < -0.4 is 25.9 Å². The number of nitrogens with zero attached hydrogens (tertiary/aromatic N) is 6. The van der Waals surface area contributed by atoms with Gasteiger partial charge < -0.3 is 25.4 Å². The Morgan fingerprint density at radius 3 is 2.27 bits per heavy atom. The van der Waals surface area contributed by atoms with Crippen LogP contribution in [0.15, 0.2) is 41.4 Å². The van der Waals surface area contributed by atoms with Crippen LogP contribution in [0.25, 0.3) is 0 Å². The van der Waals surface area contributed by atoms with Crippen LogP contribution in [0.3, 0.4) is 0 Å². The second kappa shape index (κ2) is 13.7. The molecule has 0 bridgehead atoms. The molecule has 8 nitrogen and oxygen atoms in total. The lowest BCUT2D eigenvalue weighted by Crippen LogP contribution is -2.48. The maximum atomic E-state index is 15.6. The summed E-state index contributed by atoms with van der Waals surface area (Å²) in [6.45, 7) is 6.67. The third-order valence-electron chi connectivity index (χ3n) is 7.49. The van der Waals surface area contributed by atoms with Crippen LogP contribution in [-0.4, -0.2) is 94.2 Å². The van der Waals surface area contributed by atoms with Crippen LogP contribution in [0, 0.1) is 5.82 Å². The molecule has 0 saturated carbocycles. The number of hydrogen-bond acceptors (Lipinski definition) is 7. The SMILES string of the molecule is CN=CCCN1CCN(c2cc(N3CCN(c4cccc(C(F)(F)F)c4)CC3)c(F)cc2CN(C)NC(N)=S)CC1. The molecule has 2 aliphatic rings. The number of nitrogens with one attached hydrogen (secondary N) is 1. The summed E-state index contributed by atoms with van der Waals surface area (Å²) in [6.07, 6.45) is -1.56. The quantitative estimate of drug-likeness (QED) is 0.198. The molecule has 0 radical (unpaired) electrons. The fourth-order valence-electron chi connectivity index (χ4n) is 5.40. The van der Waals surface area contributed by atoms with Crippen LogP contribution in [0.4, 0.5) is 34.6 Å². The van der Waals surface area contributed by atoms with E-state index < -0.39 is 11.7 Å². The predicted octanol–water partition coefficient (Wildman–Crippen LogP) is 3.56. The first-order valence-corrected chi connectivity index (χ1v) is 14.1. The Morgan fingerprint density at radius 1 is 1.00 bits per heavy atom. The third kappa shape index (κ3) is 8.20. The van der Waals surface area contributed by atoms with Gasteiger partial charge >= 0.3 is 6.18 Å². The van der Waals surface area contributed by atoms with Gasteiger partial charge in [0, 0.05) is 90.9 Å². The molecule has 0 amide bonds. The number of aliphatic imine (C=N–C) groups is 1. The van der Waals surface area contributed by atoms with E-state index in [1.807, 2.05) is 22.1 Å². The zero-order valence-electron chi connectivity index (χ0n) is 23.5. The lowest BCUT2D eigenvalue weighted by Gasteiger charge is -2.40. The molecule has 0 aliphatic carbocycles. The molecule has 0 atom stereocenters. The van der Waals surface area contributed by atoms with Crippen molar-refractivity contribution in [1.82, 2.24) is 15.3 Å². The number of anilines is 3. The number of hydrogen-bond donors (Lipinski definition) is 2. The fraction of sp³-hybridized carbons (Fsp3) is 0.500. The molecule has 2 aliphatic heterocycles. The molecule has 41 heavy (non-hydrogen) atoms. The average molecular weight is 595 g/mol. The summed E-state index contributed by atoms with van der Waals surface area (Å²) in [6, 6.07) is 8.85. The maximum Gasteiger partial charge on any atom is 0.416 e. The minimum absolute atomic E-state index is 0.133. The van der Waals surface area contributed by atoms with Gasteiger partial charge in [0.1, 0.15) is 5.82 Å². The zero-order chi connectivity index (χ0) is 29.6. The van der Waals surface area contributed by atoms with Gasteiger partial charge in [0.2, 0.25) is 0 Å². The lowest BCUT2D eigenvalue weighted by molar-refractivity contribution is -0.137. The molecular formula is C28H38F4N8S. The van der Waals surface area contributed by atoms with Gasteiger partial charge in [0.05, 0.1) is 11.3 Å². The van der Waals surface area contributed by atoms with Crippen LogP contribution >= 0.6 is 12.2 Å². The van der Waals surface area contributed by atoms with Gasteiger partial charge in [0.25, 0.3) is 0 Å². The highest BCUT2D eigenvalue weighted by atomic mass is 32.1. The smallest absolute Gasteiger partial charge is 0.375 e. The predicted molar refractivity (Wildman–Crippen MR) is 161 cm³/mol. The summed E-state index contributed by atoms with van der Waals surface area (Å²) in [7, 11) is 3.58. The minimum atomic E-state index is -4.40. The molecule has 2 heterocycles. The molecule has 13 heteroatoms. The summed E-state index contributed by atoms with van der Waals surface area (Å²) in [5, 5.41) is 1.86. The van der Waals surface area contributed by atoms with Gasteiger partial charge in [-0.1, -0.05) is 6.07 Å². The lowest BCUT2D eigenvalue weighted by atomic mass is 10.1. The summed E-state index contributed by atoms with van der Waals surface area (Å²) < 4.78 is 55.3. The largest absolute Gasteiger partial charge is 0.416 e. The van der Waals surface area contributed by atoms with Crippen molar-refractivity contribution >= 4 is 40.6 Å². The van der Waals surface area contributed by atoms with Crippen molar-refractivity contribution in [2.24, 2.45) is 10.7 Å². The summed E-state index contributed by atoms with van der Waals surface area (Å²) in [5.41, 5.74) is 10.6. The second-order valence-corrected chi connectivity index (χ2v) is 10.8. The summed E-state index contributed by atoms with van der Waals surface area (Å²) in [4.78, 5) is 12.6. The monoisotopic (exact) mass is 594 g/mol. The van der Waals surface area contributed by atoms with E-state index in [1.165, 1.54) is 12.1 Å². The van der Waals surface area contributed by atoms with Gasteiger partial charge in [-0.05, 0) is 60.7 Å². The standard InChI is InChI=1S/C28H38F4N8S/c1-34-7-4-8-37-9-11-39(12-10-37)25-19-26(24(29)17-21(25)20-36(2)35-27(33)41)40-15-13-38(14-16-40)23-6-3-5-22(18-23)28(30,31)32/h3,5-7,17-19H,4,8-16,20H2,1-2H3,(H3,33,35,41). The van der Waals surface area contributed by atoms with E-state index >= 15 is 4.39 Å². The van der Waals surface area contributed by atoms with E-state index in [-0.39, 0.29) is 10.9 Å². The van der Waals surface area contributed by atoms with Crippen molar-refractivity contribution in [3.8, 4) is 0 Å². The van der Waals surface area contributed by atoms with E-state index in [0.717, 1.165) is 56.5 Å². The Hall–Kier alpha value is -3.16. The van der Waals surface area contributed by atoms with E-state index in [2.05, 4.69) is 20.2 Å². The van der Waals surface area contributed by atoms with E-state index in [4.69, 9.17) is 18.0 Å². The van der Waals surface area contributed by atoms with Gasteiger partial charge in [-0.15, -0.1) is 0 Å². The Labute approximate surface area is 244 Å². The van der Waals surface area contributed by atoms with Gasteiger partial charge in [-0.25, -0.2) is 9.40 Å². The van der Waals surface area contributed by atoms with Crippen LogP contribution in [0.1, 0.15) is 17.5 Å². The zero-order valence-corrected chi connectivity index (χ0v) is 24.3. The van der Waals surface area contributed by atoms with Crippen molar-refractivity contribution in [2.75, 3.05) is 87.7 Å². The molecule has 2 aromatic carbocycles. The van der Waals surface area contributed by atoms with Gasteiger partial charge in [-0.2, -0.15) is 13.2 Å². The highest BCUT2D eigenvalue weighted by molar-refractivity contribution is 7.80.